The minimum absolute atomic E-state index is 0.100. The van der Waals surface area contributed by atoms with E-state index in [0.29, 0.717) is 18.9 Å². The van der Waals surface area contributed by atoms with Crippen LogP contribution in [0.3, 0.4) is 0 Å². The number of pyridine rings is 1. The zero-order chi connectivity index (χ0) is 15.8. The van der Waals surface area contributed by atoms with E-state index in [1.54, 1.807) is 0 Å². The minimum Gasteiger partial charge on any atom is -0.357 e. The lowest BCUT2D eigenvalue weighted by Crippen LogP contribution is -2.41. The van der Waals surface area contributed by atoms with Gasteiger partial charge in [0.2, 0.25) is 5.91 Å². The van der Waals surface area contributed by atoms with Gasteiger partial charge < -0.3 is 16.0 Å². The van der Waals surface area contributed by atoms with Crippen LogP contribution in [0, 0.1) is 5.92 Å². The highest BCUT2D eigenvalue weighted by molar-refractivity contribution is 5.81. The lowest BCUT2D eigenvalue weighted by Gasteiger charge is -2.19. The first-order chi connectivity index (χ1) is 9.97. The maximum atomic E-state index is 11.9. The predicted octanol–water partition coefficient (Wildman–Crippen LogP) is 1.92. The van der Waals surface area contributed by atoms with Gasteiger partial charge in [-0.1, -0.05) is 19.9 Å². The number of hydrogen-bond donors (Lipinski definition) is 2. The van der Waals surface area contributed by atoms with Crippen molar-refractivity contribution in [3.63, 3.8) is 0 Å². The van der Waals surface area contributed by atoms with Crippen LogP contribution in [-0.2, 0) is 11.3 Å². The molecule has 0 fully saturated rings. The number of carbonyl (C=O) groups excluding carboxylic acids is 1. The summed E-state index contributed by atoms with van der Waals surface area (Å²) >= 11 is 0. The number of rotatable bonds is 8. The highest BCUT2D eigenvalue weighted by Crippen LogP contribution is 2.10. The van der Waals surface area contributed by atoms with Gasteiger partial charge in [0.05, 0.1) is 6.04 Å². The highest BCUT2D eigenvalue weighted by atomic mass is 16.2. The molecule has 0 radical (unpaired) electrons. The highest BCUT2D eigenvalue weighted by Gasteiger charge is 2.14. The van der Waals surface area contributed by atoms with E-state index in [0.717, 1.165) is 24.5 Å². The molecule has 5 heteroatoms. The first-order valence-corrected chi connectivity index (χ1v) is 7.71. The summed E-state index contributed by atoms with van der Waals surface area (Å²) in [5.74, 6) is 1.28. The average Bonchev–Trinajstić information content (AvgIpc) is 2.46. The van der Waals surface area contributed by atoms with Gasteiger partial charge in [-0.3, -0.25) is 4.79 Å². The van der Waals surface area contributed by atoms with Crippen molar-refractivity contribution in [3.8, 4) is 0 Å². The van der Waals surface area contributed by atoms with Crippen LogP contribution in [-0.4, -0.2) is 30.0 Å². The molecule has 1 atom stereocenters. The molecule has 0 spiro atoms. The fraction of sp³-hybridized carbons (Fsp3) is 0.625. The van der Waals surface area contributed by atoms with Crippen molar-refractivity contribution >= 4 is 11.7 Å². The van der Waals surface area contributed by atoms with Gasteiger partial charge in [0.1, 0.15) is 5.82 Å². The van der Waals surface area contributed by atoms with Crippen LogP contribution in [0.4, 0.5) is 5.82 Å². The normalized spacial score (nSPS) is 12.3. The van der Waals surface area contributed by atoms with Gasteiger partial charge >= 0.3 is 0 Å². The van der Waals surface area contributed by atoms with Gasteiger partial charge in [-0.15, -0.1) is 0 Å². The monoisotopic (exact) mass is 292 g/mol. The van der Waals surface area contributed by atoms with Crippen LogP contribution in [0.2, 0.25) is 0 Å². The molecule has 0 aliphatic carbocycles. The summed E-state index contributed by atoms with van der Waals surface area (Å²) in [4.78, 5) is 18.5. The summed E-state index contributed by atoms with van der Waals surface area (Å²) in [5, 5.41) is 2.86. The second-order valence-corrected chi connectivity index (χ2v) is 5.65. The zero-order valence-corrected chi connectivity index (χ0v) is 13.6. The minimum atomic E-state index is -0.437. The van der Waals surface area contributed by atoms with Crippen LogP contribution >= 0.6 is 0 Å². The number of nitrogens with zero attached hydrogens (tertiary/aromatic N) is 2. The molecular weight excluding hydrogens is 264 g/mol. The SMILES string of the molecule is CCN(CC)c1ccc(CNC(=O)[C@@H](N)CC(C)C)cn1. The van der Waals surface area contributed by atoms with Crippen LogP contribution in [0.25, 0.3) is 0 Å². The van der Waals surface area contributed by atoms with Gasteiger partial charge in [0, 0.05) is 25.8 Å². The van der Waals surface area contributed by atoms with Crippen LogP contribution < -0.4 is 16.0 Å². The number of nitrogens with two attached hydrogens (primary N) is 1. The molecule has 5 nitrogen and oxygen atoms in total. The lowest BCUT2D eigenvalue weighted by atomic mass is 10.0. The number of hydrogen-bond acceptors (Lipinski definition) is 4. The Hall–Kier alpha value is -1.62. The second-order valence-electron chi connectivity index (χ2n) is 5.65. The van der Waals surface area contributed by atoms with Crippen LogP contribution in [0.15, 0.2) is 18.3 Å². The third kappa shape index (κ3) is 5.71. The van der Waals surface area contributed by atoms with E-state index in [1.807, 2.05) is 18.3 Å². The number of amides is 1. The van der Waals surface area contributed by atoms with E-state index in [-0.39, 0.29) is 5.91 Å². The van der Waals surface area contributed by atoms with Gasteiger partial charge in [-0.05, 0) is 37.8 Å². The van der Waals surface area contributed by atoms with Crippen molar-refractivity contribution in [3.05, 3.63) is 23.9 Å². The summed E-state index contributed by atoms with van der Waals surface area (Å²) in [5.41, 5.74) is 6.83. The Morgan fingerprint density at radius 3 is 2.48 bits per heavy atom. The summed E-state index contributed by atoms with van der Waals surface area (Å²) in [6.07, 6.45) is 2.51. The quantitative estimate of drug-likeness (QED) is 0.768. The van der Waals surface area contributed by atoms with Gasteiger partial charge in [-0.25, -0.2) is 4.98 Å². The fourth-order valence-electron chi connectivity index (χ4n) is 2.19. The molecule has 0 bridgehead atoms. The van der Waals surface area contributed by atoms with E-state index < -0.39 is 6.04 Å². The smallest absolute Gasteiger partial charge is 0.237 e. The van der Waals surface area contributed by atoms with Crippen molar-refractivity contribution in [2.24, 2.45) is 11.7 Å². The zero-order valence-electron chi connectivity index (χ0n) is 13.6. The van der Waals surface area contributed by atoms with Crippen molar-refractivity contribution in [2.45, 2.75) is 46.7 Å². The van der Waals surface area contributed by atoms with Crippen molar-refractivity contribution in [2.75, 3.05) is 18.0 Å². The number of nitrogens with one attached hydrogen (secondary N) is 1. The molecule has 1 rings (SSSR count). The van der Waals surface area contributed by atoms with Gasteiger partial charge in [0.15, 0.2) is 0 Å². The average molecular weight is 292 g/mol. The molecule has 3 N–H and O–H groups in total. The molecule has 1 heterocycles. The molecule has 0 aromatic carbocycles. The number of carbonyl (C=O) groups is 1. The predicted molar refractivity (Wildman–Crippen MR) is 87.1 cm³/mol. The van der Waals surface area contributed by atoms with Crippen molar-refractivity contribution in [1.29, 1.82) is 0 Å². The summed E-state index contributed by atoms with van der Waals surface area (Å²) in [6.45, 7) is 10.7. The van der Waals surface area contributed by atoms with E-state index in [4.69, 9.17) is 5.73 Å². The Morgan fingerprint density at radius 2 is 2.00 bits per heavy atom. The molecule has 0 unspecified atom stereocenters. The van der Waals surface area contributed by atoms with E-state index in [9.17, 15) is 4.79 Å². The summed E-state index contributed by atoms with van der Waals surface area (Å²) < 4.78 is 0. The standard InChI is InChI=1S/C16H28N4O/c1-5-20(6-2)15-8-7-13(10-18-15)11-19-16(21)14(17)9-12(3)4/h7-8,10,12,14H,5-6,9,11,17H2,1-4H3,(H,19,21)/t14-/m0/s1. The maximum Gasteiger partial charge on any atom is 0.237 e. The molecule has 0 saturated heterocycles. The molecule has 0 saturated carbocycles. The number of aromatic nitrogens is 1. The third-order valence-corrected chi connectivity index (χ3v) is 3.43. The molecule has 0 aliphatic heterocycles. The molecule has 1 aromatic heterocycles. The first kappa shape index (κ1) is 17.4. The second kappa shape index (κ2) is 8.62. The van der Waals surface area contributed by atoms with Crippen molar-refractivity contribution in [1.82, 2.24) is 10.3 Å². The largest absolute Gasteiger partial charge is 0.357 e. The molecule has 118 valence electrons. The maximum absolute atomic E-state index is 11.9. The van der Waals surface area contributed by atoms with E-state index >= 15 is 0 Å². The van der Waals surface area contributed by atoms with E-state index in [2.05, 4.69) is 42.9 Å². The Bertz CT molecular complexity index is 426. The fourth-order valence-corrected chi connectivity index (χ4v) is 2.19. The summed E-state index contributed by atoms with van der Waals surface area (Å²) in [7, 11) is 0. The Kier molecular flexibility index (Phi) is 7.15. The topological polar surface area (TPSA) is 71.2 Å². The molecule has 0 aliphatic rings. The molecule has 1 aromatic rings. The Morgan fingerprint density at radius 1 is 1.33 bits per heavy atom. The first-order valence-electron chi connectivity index (χ1n) is 7.71. The van der Waals surface area contributed by atoms with Gasteiger partial charge in [0.25, 0.3) is 0 Å². The molecule has 21 heavy (non-hydrogen) atoms. The molecular formula is C16H28N4O. The molecule has 1 amide bonds. The van der Waals surface area contributed by atoms with Gasteiger partial charge in [-0.2, -0.15) is 0 Å². The van der Waals surface area contributed by atoms with Crippen LogP contribution in [0.5, 0.6) is 0 Å². The van der Waals surface area contributed by atoms with Crippen LogP contribution in [0.1, 0.15) is 39.7 Å². The third-order valence-electron chi connectivity index (χ3n) is 3.43. The van der Waals surface area contributed by atoms with Crippen molar-refractivity contribution < 1.29 is 4.79 Å². The lowest BCUT2D eigenvalue weighted by molar-refractivity contribution is -0.122. The van der Waals surface area contributed by atoms with E-state index in [1.165, 1.54) is 0 Å². The Balaban J connectivity index is 2.51. The number of anilines is 1. The Labute approximate surface area is 127 Å². The summed E-state index contributed by atoms with van der Waals surface area (Å²) in [6, 6.07) is 3.55.